The molecule has 0 saturated heterocycles. The largest absolute Gasteiger partial charge is 0.481 e. The lowest BCUT2D eigenvalue weighted by atomic mass is 9.81. The molecule has 3 N–H and O–H groups in total. The van der Waals surface area contributed by atoms with Crippen LogP contribution in [0.15, 0.2) is 34.9 Å². The van der Waals surface area contributed by atoms with Gasteiger partial charge in [-0.05, 0) is 19.9 Å². The Labute approximate surface area is 99.0 Å². The van der Waals surface area contributed by atoms with E-state index in [2.05, 4.69) is 0 Å². The molecule has 0 bridgehead atoms. The lowest BCUT2D eigenvalue weighted by Crippen LogP contribution is -2.36. The number of para-hydroxylation sites is 1. The summed E-state index contributed by atoms with van der Waals surface area (Å²) in [5.41, 5.74) is 6.46. The standard InChI is InChI=1S/C13H15NO3/c1-13(2,12(15)16)11(14)9-7-17-10-6-4-3-5-8(9)10/h3-7,11H,14H2,1-2H3,(H,15,16). The molecule has 1 aromatic heterocycles. The number of furan rings is 1. The Morgan fingerprint density at radius 3 is 2.71 bits per heavy atom. The number of nitrogens with two attached hydrogens (primary N) is 1. The van der Waals surface area contributed by atoms with Gasteiger partial charge in [0.25, 0.3) is 0 Å². The normalized spacial score (nSPS) is 13.8. The Kier molecular flexibility index (Phi) is 2.67. The maximum atomic E-state index is 11.2. The molecule has 0 saturated carbocycles. The molecule has 0 amide bonds. The maximum Gasteiger partial charge on any atom is 0.311 e. The fraction of sp³-hybridized carbons (Fsp3) is 0.308. The molecular formula is C13H15NO3. The quantitative estimate of drug-likeness (QED) is 0.854. The van der Waals surface area contributed by atoms with Gasteiger partial charge < -0.3 is 15.3 Å². The summed E-state index contributed by atoms with van der Waals surface area (Å²) in [5.74, 6) is -0.921. The highest BCUT2D eigenvalue weighted by atomic mass is 16.4. The van der Waals surface area contributed by atoms with Crippen molar-refractivity contribution in [2.45, 2.75) is 19.9 Å². The molecule has 0 aliphatic heterocycles. The Balaban J connectivity index is 2.50. The molecule has 1 atom stereocenters. The van der Waals surface area contributed by atoms with Crippen molar-refractivity contribution in [1.82, 2.24) is 0 Å². The van der Waals surface area contributed by atoms with Crippen LogP contribution < -0.4 is 5.73 Å². The van der Waals surface area contributed by atoms with Gasteiger partial charge in [-0.25, -0.2) is 0 Å². The van der Waals surface area contributed by atoms with Gasteiger partial charge in [0.05, 0.1) is 11.7 Å². The first-order valence-corrected chi connectivity index (χ1v) is 5.39. The van der Waals surface area contributed by atoms with Crippen LogP contribution in [0.5, 0.6) is 0 Å². The van der Waals surface area contributed by atoms with Crippen LogP contribution in [-0.4, -0.2) is 11.1 Å². The molecule has 17 heavy (non-hydrogen) atoms. The Morgan fingerprint density at radius 1 is 1.41 bits per heavy atom. The van der Waals surface area contributed by atoms with Crippen molar-refractivity contribution in [2.75, 3.05) is 0 Å². The molecule has 2 rings (SSSR count). The Hall–Kier alpha value is -1.81. The minimum absolute atomic E-state index is 0.608. The Morgan fingerprint density at radius 2 is 2.06 bits per heavy atom. The van der Waals surface area contributed by atoms with Crippen molar-refractivity contribution < 1.29 is 14.3 Å². The average molecular weight is 233 g/mol. The number of aliphatic carboxylic acids is 1. The van der Waals surface area contributed by atoms with E-state index >= 15 is 0 Å². The highest BCUT2D eigenvalue weighted by Crippen LogP contribution is 2.36. The summed E-state index contributed by atoms with van der Waals surface area (Å²) in [5, 5.41) is 10.0. The van der Waals surface area contributed by atoms with E-state index in [4.69, 9.17) is 10.2 Å². The molecule has 4 heteroatoms. The second kappa shape index (κ2) is 3.89. The molecule has 4 nitrogen and oxygen atoms in total. The van der Waals surface area contributed by atoms with Crippen molar-refractivity contribution in [1.29, 1.82) is 0 Å². The van der Waals surface area contributed by atoms with E-state index in [0.717, 1.165) is 16.5 Å². The lowest BCUT2D eigenvalue weighted by molar-refractivity contribution is -0.148. The van der Waals surface area contributed by atoms with E-state index in [0.29, 0.717) is 0 Å². The van der Waals surface area contributed by atoms with Gasteiger partial charge in [-0.1, -0.05) is 18.2 Å². The molecule has 0 spiro atoms. The lowest BCUT2D eigenvalue weighted by Gasteiger charge is -2.26. The number of fused-ring (bicyclic) bond motifs is 1. The minimum atomic E-state index is -1.04. The molecular weight excluding hydrogens is 218 g/mol. The third-order valence-electron chi connectivity index (χ3n) is 3.17. The van der Waals surface area contributed by atoms with E-state index in [-0.39, 0.29) is 0 Å². The highest BCUT2D eigenvalue weighted by Gasteiger charge is 2.36. The maximum absolute atomic E-state index is 11.2. The number of rotatable bonds is 3. The highest BCUT2D eigenvalue weighted by molar-refractivity contribution is 5.83. The van der Waals surface area contributed by atoms with Crippen molar-refractivity contribution in [3.63, 3.8) is 0 Å². The van der Waals surface area contributed by atoms with Crippen LogP contribution >= 0.6 is 0 Å². The van der Waals surface area contributed by atoms with Crippen LogP contribution in [0.4, 0.5) is 0 Å². The van der Waals surface area contributed by atoms with Crippen LogP contribution in [0, 0.1) is 5.41 Å². The van der Waals surface area contributed by atoms with Crippen molar-refractivity contribution >= 4 is 16.9 Å². The first-order chi connectivity index (χ1) is 7.94. The second-order valence-corrected chi connectivity index (χ2v) is 4.69. The summed E-state index contributed by atoms with van der Waals surface area (Å²) in [6, 6.07) is 6.85. The molecule has 1 unspecified atom stereocenters. The predicted octanol–water partition coefficient (Wildman–Crippen LogP) is 2.54. The molecule has 90 valence electrons. The molecule has 2 aromatic rings. The topological polar surface area (TPSA) is 76.5 Å². The van der Waals surface area contributed by atoms with Crippen LogP contribution in [0.2, 0.25) is 0 Å². The van der Waals surface area contributed by atoms with Crippen LogP contribution in [0.1, 0.15) is 25.5 Å². The van der Waals surface area contributed by atoms with Gasteiger partial charge in [0, 0.05) is 17.0 Å². The summed E-state index contributed by atoms with van der Waals surface area (Å²) >= 11 is 0. The third-order valence-corrected chi connectivity index (χ3v) is 3.17. The van der Waals surface area contributed by atoms with E-state index in [1.165, 1.54) is 0 Å². The van der Waals surface area contributed by atoms with E-state index in [1.807, 2.05) is 24.3 Å². The van der Waals surface area contributed by atoms with Crippen molar-refractivity contribution in [2.24, 2.45) is 11.1 Å². The minimum Gasteiger partial charge on any atom is -0.481 e. The van der Waals surface area contributed by atoms with E-state index in [9.17, 15) is 9.90 Å². The average Bonchev–Trinajstić information content (AvgIpc) is 2.71. The second-order valence-electron chi connectivity index (χ2n) is 4.69. The number of carbonyl (C=O) groups is 1. The van der Waals surface area contributed by atoms with Crippen LogP contribution in [0.3, 0.4) is 0 Å². The summed E-state index contributed by atoms with van der Waals surface area (Å²) in [6.07, 6.45) is 1.54. The molecule has 1 aromatic carbocycles. The number of hydrogen-bond acceptors (Lipinski definition) is 3. The summed E-state index contributed by atoms with van der Waals surface area (Å²) in [4.78, 5) is 11.2. The molecule has 0 aliphatic carbocycles. The fourth-order valence-corrected chi connectivity index (χ4v) is 1.76. The fourth-order valence-electron chi connectivity index (χ4n) is 1.76. The zero-order valence-electron chi connectivity index (χ0n) is 9.81. The first kappa shape index (κ1) is 11.7. The van der Waals surface area contributed by atoms with Gasteiger partial charge in [-0.2, -0.15) is 0 Å². The first-order valence-electron chi connectivity index (χ1n) is 5.39. The number of hydrogen-bond donors (Lipinski definition) is 2. The van der Waals surface area contributed by atoms with Gasteiger partial charge >= 0.3 is 5.97 Å². The number of benzene rings is 1. The Bertz CT molecular complexity index is 557. The van der Waals surface area contributed by atoms with Gasteiger partial charge in [-0.15, -0.1) is 0 Å². The molecule has 0 fully saturated rings. The van der Waals surface area contributed by atoms with Crippen LogP contribution in [-0.2, 0) is 4.79 Å². The number of carboxylic acids is 1. The van der Waals surface area contributed by atoms with Gasteiger partial charge in [0.15, 0.2) is 0 Å². The number of carboxylic acid groups (broad SMARTS) is 1. The van der Waals surface area contributed by atoms with Crippen LogP contribution in [0.25, 0.3) is 11.0 Å². The van der Waals surface area contributed by atoms with Gasteiger partial charge in [0.1, 0.15) is 5.58 Å². The molecule has 0 radical (unpaired) electrons. The summed E-state index contributed by atoms with van der Waals surface area (Å²) in [6.45, 7) is 3.23. The molecule has 1 heterocycles. The predicted molar refractivity (Wildman–Crippen MR) is 64.6 cm³/mol. The van der Waals surface area contributed by atoms with E-state index < -0.39 is 17.4 Å². The van der Waals surface area contributed by atoms with Gasteiger partial charge in [-0.3, -0.25) is 4.79 Å². The molecule has 0 aliphatic rings. The SMILES string of the molecule is CC(C)(C(=O)O)C(N)c1coc2ccccc12. The van der Waals surface area contributed by atoms with Crippen molar-refractivity contribution in [3.05, 3.63) is 36.1 Å². The van der Waals surface area contributed by atoms with E-state index in [1.54, 1.807) is 20.1 Å². The summed E-state index contributed by atoms with van der Waals surface area (Å²) < 4.78 is 5.37. The smallest absolute Gasteiger partial charge is 0.311 e. The monoisotopic (exact) mass is 233 g/mol. The third kappa shape index (κ3) is 1.80. The zero-order chi connectivity index (χ0) is 12.6. The zero-order valence-corrected chi connectivity index (χ0v) is 9.81. The summed E-state index contributed by atoms with van der Waals surface area (Å²) in [7, 11) is 0. The van der Waals surface area contributed by atoms with Crippen molar-refractivity contribution in [3.8, 4) is 0 Å². The van der Waals surface area contributed by atoms with Gasteiger partial charge in [0.2, 0.25) is 0 Å².